The molecule has 0 bridgehead atoms. The maximum atomic E-state index is 11.5. The highest BCUT2D eigenvalue weighted by Crippen LogP contribution is 2.29. The number of rotatable bonds is 5. The van der Waals surface area contributed by atoms with Crippen molar-refractivity contribution in [2.75, 3.05) is 14.2 Å². The van der Waals surface area contributed by atoms with Gasteiger partial charge in [-0.05, 0) is 38.0 Å². The molecular weight excluding hydrogens is 244 g/mol. The van der Waals surface area contributed by atoms with E-state index < -0.39 is 0 Å². The van der Waals surface area contributed by atoms with Crippen LogP contribution in [0.2, 0.25) is 0 Å². The summed E-state index contributed by atoms with van der Waals surface area (Å²) in [7, 11) is 3.18. The van der Waals surface area contributed by atoms with Crippen LogP contribution >= 0.6 is 0 Å². The Balaban J connectivity index is 2.11. The van der Waals surface area contributed by atoms with E-state index in [1.807, 2.05) is 25.1 Å². The normalized spacial score (nSPS) is 15.0. The fraction of sp³-hybridized carbons (Fsp3) is 0.429. The molecule has 0 aromatic heterocycles. The van der Waals surface area contributed by atoms with E-state index in [9.17, 15) is 4.79 Å². The van der Waals surface area contributed by atoms with E-state index in [2.05, 4.69) is 10.5 Å². The first kappa shape index (κ1) is 13.4. The van der Waals surface area contributed by atoms with Crippen molar-refractivity contribution in [1.82, 2.24) is 5.43 Å². The van der Waals surface area contributed by atoms with Crippen LogP contribution in [0.1, 0.15) is 25.3 Å². The summed E-state index contributed by atoms with van der Waals surface area (Å²) in [5.41, 5.74) is 4.20. The molecule has 5 nitrogen and oxygen atoms in total. The van der Waals surface area contributed by atoms with E-state index in [0.29, 0.717) is 11.5 Å². The van der Waals surface area contributed by atoms with Gasteiger partial charge in [0, 0.05) is 11.5 Å². The summed E-state index contributed by atoms with van der Waals surface area (Å²) in [4.78, 5) is 11.5. The summed E-state index contributed by atoms with van der Waals surface area (Å²) >= 11 is 0. The van der Waals surface area contributed by atoms with Crippen molar-refractivity contribution in [1.29, 1.82) is 0 Å². The number of hydrazone groups is 1. The lowest BCUT2D eigenvalue weighted by atomic mass is 10.1. The Morgan fingerprint density at radius 1 is 1.26 bits per heavy atom. The first-order valence-corrected chi connectivity index (χ1v) is 6.22. The summed E-state index contributed by atoms with van der Waals surface area (Å²) in [5.74, 6) is 1.46. The van der Waals surface area contributed by atoms with Gasteiger partial charge in [0.1, 0.15) is 0 Å². The predicted octanol–water partition coefficient (Wildman–Crippen LogP) is 1.95. The second-order valence-corrected chi connectivity index (χ2v) is 4.52. The van der Waals surface area contributed by atoms with E-state index in [1.54, 1.807) is 14.2 Å². The van der Waals surface area contributed by atoms with Crippen LogP contribution in [-0.2, 0) is 4.79 Å². The monoisotopic (exact) mass is 262 g/mol. The Labute approximate surface area is 112 Å². The van der Waals surface area contributed by atoms with Gasteiger partial charge < -0.3 is 9.47 Å². The van der Waals surface area contributed by atoms with Crippen LogP contribution in [-0.4, -0.2) is 25.8 Å². The molecule has 1 aliphatic carbocycles. The van der Waals surface area contributed by atoms with E-state index in [-0.39, 0.29) is 11.8 Å². The number of hydrogen-bond donors (Lipinski definition) is 1. The number of benzene rings is 1. The molecule has 0 saturated heterocycles. The zero-order chi connectivity index (χ0) is 13.8. The largest absolute Gasteiger partial charge is 0.493 e. The molecule has 19 heavy (non-hydrogen) atoms. The van der Waals surface area contributed by atoms with Crippen molar-refractivity contribution in [3.05, 3.63) is 23.8 Å². The molecule has 5 heteroatoms. The Morgan fingerprint density at radius 3 is 2.53 bits per heavy atom. The SMILES string of the molecule is COc1ccc(/C(C)=N/NC(=O)C2CC2)cc1OC. The second kappa shape index (κ2) is 5.73. The second-order valence-electron chi connectivity index (χ2n) is 4.52. The van der Waals surface area contributed by atoms with Gasteiger partial charge in [-0.15, -0.1) is 0 Å². The summed E-state index contributed by atoms with van der Waals surface area (Å²) in [5, 5.41) is 4.11. The number of hydrogen-bond acceptors (Lipinski definition) is 4. The van der Waals surface area contributed by atoms with E-state index in [1.165, 1.54) is 0 Å². The fourth-order valence-electron chi connectivity index (χ4n) is 1.70. The third-order valence-corrected chi connectivity index (χ3v) is 3.08. The van der Waals surface area contributed by atoms with Crippen LogP contribution in [0.15, 0.2) is 23.3 Å². The van der Waals surface area contributed by atoms with Gasteiger partial charge in [0.15, 0.2) is 11.5 Å². The molecule has 0 heterocycles. The van der Waals surface area contributed by atoms with Gasteiger partial charge in [-0.3, -0.25) is 4.79 Å². The molecule has 0 unspecified atom stereocenters. The summed E-state index contributed by atoms with van der Waals surface area (Å²) < 4.78 is 10.4. The van der Waals surface area contributed by atoms with Gasteiger partial charge in [0.25, 0.3) is 0 Å². The topological polar surface area (TPSA) is 59.9 Å². The van der Waals surface area contributed by atoms with Crippen LogP contribution < -0.4 is 14.9 Å². The Hall–Kier alpha value is -2.04. The first-order valence-electron chi connectivity index (χ1n) is 6.22. The number of amides is 1. The standard InChI is InChI=1S/C14H18N2O3/c1-9(15-16-14(17)10-4-5-10)11-6-7-12(18-2)13(8-11)19-3/h6-8,10H,4-5H2,1-3H3,(H,16,17)/b15-9+. The third kappa shape index (κ3) is 3.24. The van der Waals surface area contributed by atoms with Crippen molar-refractivity contribution in [2.24, 2.45) is 11.0 Å². The molecule has 1 saturated carbocycles. The number of nitrogens with zero attached hydrogens (tertiary/aromatic N) is 1. The lowest BCUT2D eigenvalue weighted by molar-refractivity contribution is -0.122. The zero-order valence-electron chi connectivity index (χ0n) is 11.4. The molecule has 1 aromatic carbocycles. The molecule has 1 N–H and O–H groups in total. The lowest BCUT2D eigenvalue weighted by Crippen LogP contribution is -2.20. The molecule has 0 atom stereocenters. The van der Waals surface area contributed by atoms with Crippen LogP contribution in [0.5, 0.6) is 11.5 Å². The average molecular weight is 262 g/mol. The maximum Gasteiger partial charge on any atom is 0.243 e. The number of ether oxygens (including phenoxy) is 2. The number of nitrogens with one attached hydrogen (secondary N) is 1. The molecule has 1 amide bonds. The lowest BCUT2D eigenvalue weighted by Gasteiger charge is -2.09. The molecule has 0 aliphatic heterocycles. The molecule has 1 aromatic rings. The van der Waals surface area contributed by atoms with E-state index in [4.69, 9.17) is 9.47 Å². The van der Waals surface area contributed by atoms with Gasteiger partial charge in [-0.2, -0.15) is 5.10 Å². The smallest absolute Gasteiger partial charge is 0.243 e. The zero-order valence-corrected chi connectivity index (χ0v) is 11.4. The fourth-order valence-corrected chi connectivity index (χ4v) is 1.70. The molecular formula is C14H18N2O3. The van der Waals surface area contributed by atoms with Crippen molar-refractivity contribution >= 4 is 11.6 Å². The number of carbonyl (C=O) groups excluding carboxylic acids is 1. The molecule has 0 spiro atoms. The molecule has 1 fully saturated rings. The number of methoxy groups -OCH3 is 2. The number of carbonyl (C=O) groups is 1. The minimum Gasteiger partial charge on any atom is -0.493 e. The summed E-state index contributed by atoms with van der Waals surface area (Å²) in [6.07, 6.45) is 1.94. The van der Waals surface area contributed by atoms with Crippen LogP contribution in [0.25, 0.3) is 0 Å². The molecule has 102 valence electrons. The highest BCUT2D eigenvalue weighted by atomic mass is 16.5. The van der Waals surface area contributed by atoms with Crippen LogP contribution in [0, 0.1) is 5.92 Å². The average Bonchev–Trinajstić information content (AvgIpc) is 3.28. The van der Waals surface area contributed by atoms with Crippen molar-refractivity contribution in [2.45, 2.75) is 19.8 Å². The Bertz CT molecular complexity index is 507. The predicted molar refractivity (Wildman–Crippen MR) is 72.6 cm³/mol. The van der Waals surface area contributed by atoms with Crippen molar-refractivity contribution in [3.63, 3.8) is 0 Å². The van der Waals surface area contributed by atoms with Crippen molar-refractivity contribution < 1.29 is 14.3 Å². The highest BCUT2D eigenvalue weighted by molar-refractivity contribution is 5.99. The minimum absolute atomic E-state index is 0.000160. The third-order valence-electron chi connectivity index (χ3n) is 3.08. The Morgan fingerprint density at radius 2 is 1.95 bits per heavy atom. The maximum absolute atomic E-state index is 11.5. The summed E-state index contributed by atoms with van der Waals surface area (Å²) in [6, 6.07) is 5.53. The van der Waals surface area contributed by atoms with E-state index in [0.717, 1.165) is 24.1 Å². The van der Waals surface area contributed by atoms with Gasteiger partial charge in [0.05, 0.1) is 19.9 Å². The first-order chi connectivity index (χ1) is 9.15. The van der Waals surface area contributed by atoms with E-state index >= 15 is 0 Å². The van der Waals surface area contributed by atoms with Gasteiger partial charge in [-0.1, -0.05) is 0 Å². The van der Waals surface area contributed by atoms with Crippen LogP contribution in [0.3, 0.4) is 0 Å². The van der Waals surface area contributed by atoms with Gasteiger partial charge in [-0.25, -0.2) is 5.43 Å². The molecule has 2 rings (SSSR count). The molecule has 0 radical (unpaired) electrons. The Kier molecular flexibility index (Phi) is 4.04. The molecule has 1 aliphatic rings. The quantitative estimate of drug-likeness (QED) is 0.651. The van der Waals surface area contributed by atoms with Crippen molar-refractivity contribution in [3.8, 4) is 11.5 Å². The highest BCUT2D eigenvalue weighted by Gasteiger charge is 2.29. The van der Waals surface area contributed by atoms with Gasteiger partial charge >= 0.3 is 0 Å². The summed E-state index contributed by atoms with van der Waals surface area (Å²) in [6.45, 7) is 1.84. The minimum atomic E-state index is -0.000160. The van der Waals surface area contributed by atoms with Gasteiger partial charge in [0.2, 0.25) is 5.91 Å². The van der Waals surface area contributed by atoms with Crippen LogP contribution in [0.4, 0.5) is 0 Å².